The van der Waals surface area contributed by atoms with Gasteiger partial charge in [0.25, 0.3) is 5.91 Å². The molecule has 6 nitrogen and oxygen atoms in total. The number of carbonyl (C=O) groups is 1. The molecule has 25 heavy (non-hydrogen) atoms. The topological polar surface area (TPSA) is 77.2 Å². The van der Waals surface area contributed by atoms with Crippen LogP contribution in [0.4, 0.5) is 5.82 Å². The van der Waals surface area contributed by atoms with Gasteiger partial charge in [-0.3, -0.25) is 4.79 Å². The Morgan fingerprint density at radius 2 is 2.00 bits per heavy atom. The van der Waals surface area contributed by atoms with E-state index in [4.69, 9.17) is 9.26 Å². The third-order valence-corrected chi connectivity index (χ3v) is 4.03. The van der Waals surface area contributed by atoms with Crippen molar-refractivity contribution in [1.29, 1.82) is 0 Å². The van der Waals surface area contributed by atoms with Crippen LogP contribution in [0.1, 0.15) is 32.9 Å². The maximum Gasteiger partial charge on any atom is 0.279 e. The zero-order valence-corrected chi connectivity index (χ0v) is 14.4. The zero-order valence-electron chi connectivity index (χ0n) is 14.4. The number of aromatic nitrogens is 2. The molecule has 1 amide bonds. The lowest BCUT2D eigenvalue weighted by atomic mass is 10.1. The van der Waals surface area contributed by atoms with E-state index in [0.717, 1.165) is 16.9 Å². The normalized spacial score (nSPS) is 10.5. The Hall–Kier alpha value is -3.15. The molecule has 0 unspecified atom stereocenters. The van der Waals surface area contributed by atoms with Crippen molar-refractivity contribution in [2.45, 2.75) is 27.4 Å². The van der Waals surface area contributed by atoms with E-state index in [1.807, 2.05) is 32.0 Å². The maximum atomic E-state index is 12.5. The fraction of sp³-hybridized carbons (Fsp3) is 0.211. The molecular weight excluding hydrogens is 318 g/mol. The fourth-order valence-corrected chi connectivity index (χ4v) is 2.38. The number of pyridine rings is 1. The summed E-state index contributed by atoms with van der Waals surface area (Å²) in [6, 6.07) is 11.1. The van der Waals surface area contributed by atoms with Crippen LogP contribution < -0.4 is 10.1 Å². The van der Waals surface area contributed by atoms with Crippen LogP contribution in [-0.2, 0) is 6.61 Å². The van der Waals surface area contributed by atoms with E-state index in [-0.39, 0.29) is 18.2 Å². The first-order valence-corrected chi connectivity index (χ1v) is 7.93. The molecule has 0 atom stereocenters. The first-order valence-electron chi connectivity index (χ1n) is 7.93. The number of hydrogen-bond donors (Lipinski definition) is 1. The number of hydrogen-bond acceptors (Lipinski definition) is 5. The van der Waals surface area contributed by atoms with Crippen molar-refractivity contribution in [3.05, 3.63) is 70.7 Å². The van der Waals surface area contributed by atoms with Gasteiger partial charge in [-0.1, -0.05) is 23.4 Å². The molecule has 0 aliphatic carbocycles. The number of benzene rings is 1. The van der Waals surface area contributed by atoms with Gasteiger partial charge in [0.15, 0.2) is 5.69 Å². The van der Waals surface area contributed by atoms with Crippen molar-refractivity contribution in [1.82, 2.24) is 10.1 Å². The quantitative estimate of drug-likeness (QED) is 0.766. The van der Waals surface area contributed by atoms with Gasteiger partial charge in [-0.15, -0.1) is 0 Å². The standard InChI is InChI=1S/C19H19N3O3/c1-12-7-6-8-16(13(12)2)24-11-15-14(3)25-22-18(15)19(23)21-17-9-4-5-10-20-17/h4-10H,11H2,1-3H3,(H,20,21,23). The molecule has 0 saturated carbocycles. The zero-order chi connectivity index (χ0) is 17.8. The van der Waals surface area contributed by atoms with Crippen LogP contribution in [0.3, 0.4) is 0 Å². The van der Waals surface area contributed by atoms with Crippen molar-refractivity contribution in [2.24, 2.45) is 0 Å². The predicted molar refractivity (Wildman–Crippen MR) is 93.7 cm³/mol. The second-order valence-corrected chi connectivity index (χ2v) is 5.72. The number of amides is 1. The molecule has 0 aliphatic rings. The van der Waals surface area contributed by atoms with Gasteiger partial charge >= 0.3 is 0 Å². The Balaban J connectivity index is 1.77. The average molecular weight is 337 g/mol. The molecule has 2 aromatic heterocycles. The van der Waals surface area contributed by atoms with Crippen LogP contribution in [0.15, 0.2) is 47.1 Å². The molecule has 0 radical (unpaired) electrons. The van der Waals surface area contributed by atoms with Crippen LogP contribution in [-0.4, -0.2) is 16.0 Å². The predicted octanol–water partition coefficient (Wildman–Crippen LogP) is 3.83. The minimum Gasteiger partial charge on any atom is -0.488 e. The summed E-state index contributed by atoms with van der Waals surface area (Å²) in [5, 5.41) is 6.57. The van der Waals surface area contributed by atoms with Gasteiger partial charge in [-0.05, 0) is 50.1 Å². The third kappa shape index (κ3) is 3.68. The highest BCUT2D eigenvalue weighted by atomic mass is 16.5. The van der Waals surface area contributed by atoms with Crippen LogP contribution >= 0.6 is 0 Å². The molecule has 2 heterocycles. The lowest BCUT2D eigenvalue weighted by Crippen LogP contribution is -2.16. The summed E-state index contributed by atoms with van der Waals surface area (Å²) in [4.78, 5) is 16.5. The number of rotatable bonds is 5. The van der Waals surface area contributed by atoms with E-state index in [2.05, 4.69) is 15.5 Å². The van der Waals surface area contributed by atoms with E-state index >= 15 is 0 Å². The molecule has 0 spiro atoms. The number of nitrogens with one attached hydrogen (secondary N) is 1. The Kier molecular flexibility index (Phi) is 4.79. The van der Waals surface area contributed by atoms with Gasteiger partial charge in [0.1, 0.15) is 23.9 Å². The molecular formula is C19H19N3O3. The highest BCUT2D eigenvalue weighted by molar-refractivity contribution is 6.03. The fourth-order valence-electron chi connectivity index (χ4n) is 2.38. The van der Waals surface area contributed by atoms with Crippen molar-refractivity contribution in [3.8, 4) is 5.75 Å². The molecule has 1 N–H and O–H groups in total. The molecule has 128 valence electrons. The summed E-state index contributed by atoms with van der Waals surface area (Å²) in [5.74, 6) is 1.40. The first kappa shape index (κ1) is 16.7. The second kappa shape index (κ2) is 7.17. The van der Waals surface area contributed by atoms with E-state index in [1.54, 1.807) is 31.3 Å². The highest BCUT2D eigenvalue weighted by Gasteiger charge is 2.21. The van der Waals surface area contributed by atoms with Gasteiger partial charge in [0, 0.05) is 6.20 Å². The Morgan fingerprint density at radius 3 is 2.76 bits per heavy atom. The number of carbonyl (C=O) groups excluding carboxylic acids is 1. The molecule has 0 bridgehead atoms. The van der Waals surface area contributed by atoms with E-state index in [0.29, 0.717) is 17.1 Å². The molecule has 0 aliphatic heterocycles. The van der Waals surface area contributed by atoms with Gasteiger partial charge in [0.05, 0.1) is 5.56 Å². The third-order valence-electron chi connectivity index (χ3n) is 4.03. The van der Waals surface area contributed by atoms with Crippen molar-refractivity contribution in [3.63, 3.8) is 0 Å². The maximum absolute atomic E-state index is 12.5. The minimum absolute atomic E-state index is 0.199. The Labute approximate surface area is 145 Å². The highest BCUT2D eigenvalue weighted by Crippen LogP contribution is 2.23. The number of aryl methyl sites for hydroxylation is 2. The van der Waals surface area contributed by atoms with Gasteiger partial charge in [0.2, 0.25) is 0 Å². The summed E-state index contributed by atoms with van der Waals surface area (Å²) in [6.07, 6.45) is 1.61. The second-order valence-electron chi connectivity index (χ2n) is 5.72. The molecule has 3 aromatic rings. The first-order chi connectivity index (χ1) is 12.1. The smallest absolute Gasteiger partial charge is 0.279 e. The molecule has 3 rings (SSSR count). The Bertz CT molecular complexity index is 888. The summed E-state index contributed by atoms with van der Waals surface area (Å²) < 4.78 is 11.1. The van der Waals surface area contributed by atoms with Crippen molar-refractivity contribution in [2.75, 3.05) is 5.32 Å². The summed E-state index contributed by atoms with van der Waals surface area (Å²) in [7, 11) is 0. The monoisotopic (exact) mass is 337 g/mol. The number of ether oxygens (including phenoxy) is 1. The van der Waals surface area contributed by atoms with E-state index in [1.165, 1.54) is 0 Å². The lowest BCUT2D eigenvalue weighted by molar-refractivity contribution is 0.101. The summed E-state index contributed by atoms with van der Waals surface area (Å²) >= 11 is 0. The van der Waals surface area contributed by atoms with Crippen LogP contribution in [0, 0.1) is 20.8 Å². The number of anilines is 1. The molecule has 0 fully saturated rings. The van der Waals surface area contributed by atoms with Gasteiger partial charge in [-0.25, -0.2) is 4.98 Å². The van der Waals surface area contributed by atoms with Gasteiger partial charge < -0.3 is 14.6 Å². The van der Waals surface area contributed by atoms with Gasteiger partial charge in [-0.2, -0.15) is 0 Å². The molecule has 0 saturated heterocycles. The van der Waals surface area contributed by atoms with E-state index in [9.17, 15) is 4.79 Å². The Morgan fingerprint density at radius 1 is 1.16 bits per heavy atom. The molecule has 1 aromatic carbocycles. The minimum atomic E-state index is -0.380. The summed E-state index contributed by atoms with van der Waals surface area (Å²) in [5.41, 5.74) is 3.03. The van der Waals surface area contributed by atoms with Crippen molar-refractivity contribution >= 4 is 11.7 Å². The van der Waals surface area contributed by atoms with Crippen LogP contribution in [0.25, 0.3) is 0 Å². The average Bonchev–Trinajstić information content (AvgIpc) is 2.98. The molecule has 6 heteroatoms. The SMILES string of the molecule is Cc1cccc(OCc2c(C(=O)Nc3ccccn3)noc2C)c1C. The van der Waals surface area contributed by atoms with Crippen molar-refractivity contribution < 1.29 is 14.1 Å². The van der Waals surface area contributed by atoms with Crippen LogP contribution in [0.2, 0.25) is 0 Å². The summed E-state index contributed by atoms with van der Waals surface area (Å²) in [6.45, 7) is 5.98. The largest absolute Gasteiger partial charge is 0.488 e. The lowest BCUT2D eigenvalue weighted by Gasteiger charge is -2.11. The van der Waals surface area contributed by atoms with E-state index < -0.39 is 0 Å². The number of nitrogens with zero attached hydrogens (tertiary/aromatic N) is 2. The van der Waals surface area contributed by atoms with Crippen LogP contribution in [0.5, 0.6) is 5.75 Å².